The highest BCUT2D eigenvalue weighted by Crippen LogP contribution is 2.38. The molecule has 0 aliphatic heterocycles. The van der Waals surface area contributed by atoms with Crippen molar-refractivity contribution in [3.8, 4) is 0 Å². The first-order valence-corrected chi connectivity index (χ1v) is 6.93. The van der Waals surface area contributed by atoms with Gasteiger partial charge < -0.3 is 10.3 Å². The lowest BCUT2D eigenvalue weighted by atomic mass is 9.73. The maximum atomic E-state index is 4.44. The summed E-state index contributed by atoms with van der Waals surface area (Å²) in [5.41, 5.74) is 0. The molecule has 1 aliphatic carbocycles. The second-order valence-electron chi connectivity index (χ2n) is 5.69. The van der Waals surface area contributed by atoms with E-state index in [1.165, 1.54) is 19.3 Å². The molecule has 3 heteroatoms. The number of nitrogens with zero attached hydrogens (tertiary/aromatic N) is 1. The van der Waals surface area contributed by atoms with Crippen molar-refractivity contribution in [3.63, 3.8) is 0 Å². The Bertz CT molecular complexity index is 310. The Kier molecular flexibility index (Phi) is 4.21. The van der Waals surface area contributed by atoms with E-state index in [4.69, 9.17) is 0 Å². The lowest BCUT2D eigenvalue weighted by molar-refractivity contribution is 0.174. The van der Waals surface area contributed by atoms with Gasteiger partial charge in [0.05, 0.1) is 6.04 Å². The average Bonchev–Trinajstić information content (AvgIpc) is 2.77. The highest BCUT2D eigenvalue weighted by Gasteiger charge is 2.31. The van der Waals surface area contributed by atoms with Crippen LogP contribution in [0.25, 0.3) is 0 Å². The summed E-state index contributed by atoms with van der Waals surface area (Å²) < 4.78 is 0. The quantitative estimate of drug-likeness (QED) is 0.841. The van der Waals surface area contributed by atoms with E-state index < -0.39 is 0 Å². The Labute approximate surface area is 104 Å². The molecule has 3 nitrogen and oxygen atoms in total. The van der Waals surface area contributed by atoms with Crippen LogP contribution in [0, 0.1) is 17.8 Å². The molecule has 1 saturated carbocycles. The van der Waals surface area contributed by atoms with Crippen LogP contribution in [0.1, 0.15) is 51.9 Å². The molecular formula is C14H25N3. The van der Waals surface area contributed by atoms with E-state index >= 15 is 0 Å². The maximum absolute atomic E-state index is 4.44. The number of imidazole rings is 1. The van der Waals surface area contributed by atoms with Crippen molar-refractivity contribution in [3.05, 3.63) is 18.2 Å². The van der Waals surface area contributed by atoms with E-state index in [0.717, 1.165) is 30.1 Å². The number of H-pyrrole nitrogens is 1. The molecule has 3 atom stereocenters. The predicted octanol–water partition coefficient (Wildman–Crippen LogP) is 3.13. The van der Waals surface area contributed by atoms with Crippen LogP contribution < -0.4 is 5.32 Å². The van der Waals surface area contributed by atoms with Crippen LogP contribution in [0.3, 0.4) is 0 Å². The highest BCUT2D eigenvalue weighted by atomic mass is 15.0. The molecule has 2 N–H and O–H groups in total. The molecule has 1 aliphatic rings. The van der Waals surface area contributed by atoms with Gasteiger partial charge >= 0.3 is 0 Å². The number of aromatic nitrogens is 2. The van der Waals surface area contributed by atoms with E-state index in [1.807, 2.05) is 12.4 Å². The summed E-state index contributed by atoms with van der Waals surface area (Å²) in [5.74, 6) is 3.53. The lowest BCUT2D eigenvalue weighted by Crippen LogP contribution is -2.33. The summed E-state index contributed by atoms with van der Waals surface area (Å²) >= 11 is 0. The minimum atomic E-state index is 0.403. The molecule has 17 heavy (non-hydrogen) atoms. The molecular weight excluding hydrogens is 210 g/mol. The fourth-order valence-electron chi connectivity index (χ4n) is 3.44. The van der Waals surface area contributed by atoms with Crippen LogP contribution in [-0.2, 0) is 0 Å². The normalized spacial score (nSPS) is 31.4. The summed E-state index contributed by atoms with van der Waals surface area (Å²) in [6.45, 7) is 7.94. The number of hydrogen-bond donors (Lipinski definition) is 2. The minimum Gasteiger partial charge on any atom is -0.347 e. The molecule has 0 spiro atoms. The van der Waals surface area contributed by atoms with E-state index in [1.54, 1.807) is 0 Å². The SMILES string of the molecule is CCNC(c1ncc[nH]1)C1CC(C)CC(C)C1. The van der Waals surface area contributed by atoms with E-state index in [9.17, 15) is 0 Å². The fourth-order valence-corrected chi connectivity index (χ4v) is 3.44. The van der Waals surface area contributed by atoms with Crippen molar-refractivity contribution in [1.82, 2.24) is 15.3 Å². The zero-order valence-corrected chi connectivity index (χ0v) is 11.2. The van der Waals surface area contributed by atoms with Crippen LogP contribution in [0.2, 0.25) is 0 Å². The summed E-state index contributed by atoms with van der Waals surface area (Å²) in [6, 6.07) is 0.403. The molecule has 1 aromatic rings. The Hall–Kier alpha value is -0.830. The van der Waals surface area contributed by atoms with Crippen molar-refractivity contribution in [1.29, 1.82) is 0 Å². The molecule has 1 aromatic heterocycles. The molecule has 0 amide bonds. The third-order valence-electron chi connectivity index (χ3n) is 3.92. The number of rotatable bonds is 4. The van der Waals surface area contributed by atoms with Gasteiger partial charge in [-0.05, 0) is 43.6 Å². The summed E-state index contributed by atoms with van der Waals surface area (Å²) in [7, 11) is 0. The average molecular weight is 235 g/mol. The van der Waals surface area contributed by atoms with E-state index in [-0.39, 0.29) is 0 Å². The van der Waals surface area contributed by atoms with Gasteiger partial charge in [-0.15, -0.1) is 0 Å². The zero-order chi connectivity index (χ0) is 12.3. The molecule has 2 rings (SSSR count). The van der Waals surface area contributed by atoms with Crippen molar-refractivity contribution in [2.75, 3.05) is 6.54 Å². The number of aromatic amines is 1. The van der Waals surface area contributed by atoms with Gasteiger partial charge in [0, 0.05) is 12.4 Å². The zero-order valence-electron chi connectivity index (χ0n) is 11.2. The second-order valence-corrected chi connectivity index (χ2v) is 5.69. The van der Waals surface area contributed by atoms with Crippen molar-refractivity contribution < 1.29 is 0 Å². The summed E-state index contributed by atoms with van der Waals surface area (Å²) in [4.78, 5) is 7.72. The Morgan fingerprint density at radius 2 is 2.06 bits per heavy atom. The minimum absolute atomic E-state index is 0.403. The fraction of sp³-hybridized carbons (Fsp3) is 0.786. The van der Waals surface area contributed by atoms with Crippen LogP contribution in [0.15, 0.2) is 12.4 Å². The Morgan fingerprint density at radius 3 is 2.59 bits per heavy atom. The molecule has 0 bridgehead atoms. The van der Waals surface area contributed by atoms with Crippen LogP contribution in [-0.4, -0.2) is 16.5 Å². The Morgan fingerprint density at radius 1 is 1.35 bits per heavy atom. The molecule has 1 heterocycles. The van der Waals surface area contributed by atoms with Gasteiger partial charge in [-0.3, -0.25) is 0 Å². The van der Waals surface area contributed by atoms with Crippen molar-refractivity contribution >= 4 is 0 Å². The van der Waals surface area contributed by atoms with Gasteiger partial charge in [-0.1, -0.05) is 20.8 Å². The third-order valence-corrected chi connectivity index (χ3v) is 3.92. The van der Waals surface area contributed by atoms with Gasteiger partial charge in [0.15, 0.2) is 0 Å². The number of nitrogens with one attached hydrogen (secondary N) is 2. The topological polar surface area (TPSA) is 40.7 Å². The number of hydrogen-bond acceptors (Lipinski definition) is 2. The molecule has 0 radical (unpaired) electrons. The summed E-state index contributed by atoms with van der Waals surface area (Å²) in [5, 5.41) is 3.60. The Balaban J connectivity index is 2.10. The molecule has 96 valence electrons. The van der Waals surface area contributed by atoms with E-state index in [2.05, 4.69) is 36.1 Å². The molecule has 0 saturated heterocycles. The van der Waals surface area contributed by atoms with Crippen molar-refractivity contribution in [2.45, 2.75) is 46.1 Å². The van der Waals surface area contributed by atoms with Crippen LogP contribution in [0.4, 0.5) is 0 Å². The molecule has 3 unspecified atom stereocenters. The first kappa shape index (κ1) is 12.6. The van der Waals surface area contributed by atoms with Crippen LogP contribution in [0.5, 0.6) is 0 Å². The van der Waals surface area contributed by atoms with Crippen LogP contribution >= 0.6 is 0 Å². The summed E-state index contributed by atoms with van der Waals surface area (Å²) in [6.07, 6.45) is 7.81. The monoisotopic (exact) mass is 235 g/mol. The highest BCUT2D eigenvalue weighted by molar-refractivity contribution is 4.99. The van der Waals surface area contributed by atoms with Gasteiger partial charge in [-0.2, -0.15) is 0 Å². The first-order valence-electron chi connectivity index (χ1n) is 6.93. The van der Waals surface area contributed by atoms with Crippen molar-refractivity contribution in [2.24, 2.45) is 17.8 Å². The standard InChI is InChI=1S/C14H25N3/c1-4-15-13(14-16-5-6-17-14)12-8-10(2)7-11(3)9-12/h5-6,10-13,15H,4,7-9H2,1-3H3,(H,16,17). The third kappa shape index (κ3) is 3.09. The molecule has 1 fully saturated rings. The first-order chi connectivity index (χ1) is 8.20. The van der Waals surface area contributed by atoms with E-state index in [0.29, 0.717) is 6.04 Å². The van der Waals surface area contributed by atoms with Gasteiger partial charge in [0.2, 0.25) is 0 Å². The smallest absolute Gasteiger partial charge is 0.123 e. The van der Waals surface area contributed by atoms with Gasteiger partial charge in [-0.25, -0.2) is 4.98 Å². The predicted molar refractivity (Wildman–Crippen MR) is 70.7 cm³/mol. The second kappa shape index (κ2) is 5.67. The van der Waals surface area contributed by atoms with Gasteiger partial charge in [0.1, 0.15) is 5.82 Å². The molecule has 0 aromatic carbocycles. The largest absolute Gasteiger partial charge is 0.347 e. The van der Waals surface area contributed by atoms with Gasteiger partial charge in [0.25, 0.3) is 0 Å². The lowest BCUT2D eigenvalue weighted by Gasteiger charge is -2.36. The maximum Gasteiger partial charge on any atom is 0.123 e.